The van der Waals surface area contributed by atoms with Gasteiger partial charge in [-0.1, -0.05) is 0 Å². The van der Waals surface area contributed by atoms with Crippen LogP contribution in [0.3, 0.4) is 0 Å². The van der Waals surface area contributed by atoms with Crippen LogP contribution in [0.5, 0.6) is 46.0 Å². The molecule has 0 amide bonds. The summed E-state index contributed by atoms with van der Waals surface area (Å²) < 4.78 is 51.7. The fraction of sp³-hybridized carbons (Fsp3) is 0.357. The molecule has 0 radical (unpaired) electrons. The van der Waals surface area contributed by atoms with Gasteiger partial charge in [-0.05, 0) is 233 Å². The minimum absolute atomic E-state index is 0.686. The smallest absolute Gasteiger partial charge is 0.246 e. The largest absolute Gasteiger partial charge is 0.496 e. The first-order valence-corrected chi connectivity index (χ1v) is 25.1. The second-order valence-corrected chi connectivity index (χ2v) is 23.2. The molecule has 10 heteroatoms. The van der Waals surface area contributed by atoms with Crippen LogP contribution >= 0.6 is 15.8 Å². The Balaban J connectivity index is 1.59. The third-order valence-electron chi connectivity index (χ3n) is 12.6. The molecule has 66 heavy (non-hydrogen) atoms. The van der Waals surface area contributed by atoms with Crippen molar-refractivity contribution < 1.29 is 37.9 Å². The maximum absolute atomic E-state index is 7.14. The quantitative estimate of drug-likeness (QED) is 0.119. The Morgan fingerprint density at radius 3 is 0.742 bits per heavy atom. The van der Waals surface area contributed by atoms with Gasteiger partial charge in [-0.25, -0.2) is 0 Å². The summed E-state index contributed by atoms with van der Waals surface area (Å²) in [6.45, 7) is 29.2. The second kappa shape index (κ2) is 17.3. The van der Waals surface area contributed by atoms with Gasteiger partial charge in [0.1, 0.15) is 23.0 Å². The lowest BCUT2D eigenvalue weighted by atomic mass is 9.98. The van der Waals surface area contributed by atoms with Crippen molar-refractivity contribution in [2.24, 2.45) is 0 Å². The predicted octanol–water partition coefficient (Wildman–Crippen LogP) is 11.0. The summed E-state index contributed by atoms with van der Waals surface area (Å²) in [6.07, 6.45) is 0. The highest BCUT2D eigenvalue weighted by atomic mass is 31.1. The molecule has 0 fully saturated rings. The molecule has 0 saturated heterocycles. The molecule has 2 aliphatic heterocycles. The van der Waals surface area contributed by atoms with E-state index in [1.54, 1.807) is 28.4 Å². The third kappa shape index (κ3) is 8.13. The molecule has 0 N–H and O–H groups in total. The molecule has 8 nitrogen and oxygen atoms in total. The van der Waals surface area contributed by atoms with Gasteiger partial charge in [-0.3, -0.25) is 0 Å². The SMILES string of the molecule is COc1c(C)cc(P(c2cc(C)c(OC)c(C)c2)c2cc(C)c3c(c2-c2c(P(c4cc(C)c(OC)c(C)c4)c4cc(C)c(OC)c(C)c4)cc(C)c4c2OC(C)(C)O4)OC(C)(C)O3)cc1C. The van der Waals surface area contributed by atoms with E-state index in [0.29, 0.717) is 23.0 Å². The van der Waals surface area contributed by atoms with E-state index in [1.807, 2.05) is 27.7 Å². The molecule has 0 aromatic heterocycles. The lowest BCUT2D eigenvalue weighted by Crippen LogP contribution is -2.31. The Labute approximate surface area is 394 Å². The number of aryl methyl sites for hydroxylation is 10. The molecule has 0 saturated carbocycles. The second-order valence-electron chi connectivity index (χ2n) is 18.8. The molecular weight excluding hydrogens is 863 g/mol. The maximum Gasteiger partial charge on any atom is 0.246 e. The van der Waals surface area contributed by atoms with Crippen molar-refractivity contribution in [2.75, 3.05) is 28.4 Å². The molecule has 0 bridgehead atoms. The van der Waals surface area contributed by atoms with Gasteiger partial charge in [0.2, 0.25) is 11.6 Å². The lowest BCUT2D eigenvalue weighted by molar-refractivity contribution is -0.0444. The molecular formula is C56H64O8P2. The van der Waals surface area contributed by atoms with Gasteiger partial charge < -0.3 is 37.9 Å². The number of benzene rings is 6. The zero-order chi connectivity index (χ0) is 47.9. The zero-order valence-electron chi connectivity index (χ0n) is 41.9. The van der Waals surface area contributed by atoms with Crippen LogP contribution in [-0.4, -0.2) is 40.0 Å². The van der Waals surface area contributed by atoms with E-state index in [4.69, 9.17) is 37.9 Å². The van der Waals surface area contributed by atoms with Crippen LogP contribution in [0.4, 0.5) is 0 Å². The van der Waals surface area contributed by atoms with Gasteiger partial charge >= 0.3 is 0 Å². The highest BCUT2D eigenvalue weighted by Gasteiger charge is 2.44. The molecule has 8 rings (SSSR count). The number of rotatable bonds is 11. The average Bonchev–Trinajstić information content (AvgIpc) is 3.73. The van der Waals surface area contributed by atoms with Crippen molar-refractivity contribution in [3.05, 3.63) is 116 Å². The van der Waals surface area contributed by atoms with E-state index in [-0.39, 0.29) is 0 Å². The van der Waals surface area contributed by atoms with Crippen LogP contribution in [-0.2, 0) is 0 Å². The standard InChI is InChI=1S/C56H64O8P2/c1-29-19-39(20-30(2)47(29)57-15)65(40-21-31(3)48(58-16)32(4)22-40)43-27-37(9)51-53(63-55(11,12)61-51)45(43)46-44(28-38(10)52-54(46)64-56(13,14)62-52)66(41-23-33(5)49(59-17)34(6)24-41)42-25-35(7)50(60-18)36(8)26-42/h19-28H,1-18H3. The number of fused-ring (bicyclic) bond motifs is 2. The molecule has 6 aromatic rings. The van der Waals surface area contributed by atoms with E-state index < -0.39 is 27.4 Å². The molecule has 346 valence electrons. The maximum atomic E-state index is 7.14. The fourth-order valence-corrected chi connectivity index (χ4v) is 16.0. The van der Waals surface area contributed by atoms with E-state index in [0.717, 1.165) is 100 Å². The Bertz CT molecular complexity index is 2540. The first-order chi connectivity index (χ1) is 31.1. The number of ether oxygens (including phenoxy) is 8. The summed E-state index contributed by atoms with van der Waals surface area (Å²) in [5, 5.41) is 6.92. The van der Waals surface area contributed by atoms with Crippen molar-refractivity contribution in [3.63, 3.8) is 0 Å². The van der Waals surface area contributed by atoms with Gasteiger partial charge in [0.15, 0.2) is 23.0 Å². The number of methoxy groups -OCH3 is 4. The van der Waals surface area contributed by atoms with Crippen LogP contribution in [0.2, 0.25) is 0 Å². The topological polar surface area (TPSA) is 73.8 Å². The first-order valence-electron chi connectivity index (χ1n) is 22.4. The molecule has 6 aromatic carbocycles. The summed E-state index contributed by atoms with van der Waals surface area (Å²) in [7, 11) is 4.33. The van der Waals surface area contributed by atoms with E-state index >= 15 is 0 Å². The molecule has 2 heterocycles. The van der Waals surface area contributed by atoms with Crippen molar-refractivity contribution in [2.45, 2.75) is 109 Å². The van der Waals surface area contributed by atoms with Gasteiger partial charge in [-0.15, -0.1) is 0 Å². The summed E-state index contributed by atoms with van der Waals surface area (Å²) in [5.41, 5.74) is 12.3. The van der Waals surface area contributed by atoms with Crippen LogP contribution in [0.25, 0.3) is 11.1 Å². The zero-order valence-corrected chi connectivity index (χ0v) is 43.7. The molecule has 0 aliphatic carbocycles. The van der Waals surface area contributed by atoms with E-state index in [9.17, 15) is 0 Å². The van der Waals surface area contributed by atoms with Gasteiger partial charge in [0.05, 0.1) is 28.4 Å². The first kappa shape index (κ1) is 47.1. The molecule has 0 unspecified atom stereocenters. The predicted molar refractivity (Wildman–Crippen MR) is 274 cm³/mol. The summed E-state index contributed by atoms with van der Waals surface area (Å²) in [4.78, 5) is 0. The Hall–Kier alpha value is -5.42. The fourth-order valence-electron chi connectivity index (χ4n) is 10.2. The summed E-state index contributed by atoms with van der Waals surface area (Å²) >= 11 is 0. The van der Waals surface area contributed by atoms with Gasteiger partial charge in [0, 0.05) is 38.8 Å². The monoisotopic (exact) mass is 926 g/mol. The third-order valence-corrected chi connectivity index (χ3v) is 17.3. The highest BCUT2D eigenvalue weighted by molar-refractivity contribution is 7.80. The van der Waals surface area contributed by atoms with Crippen LogP contribution in [0, 0.1) is 69.2 Å². The van der Waals surface area contributed by atoms with Crippen LogP contribution in [0.1, 0.15) is 83.3 Å². The Morgan fingerprint density at radius 1 is 0.318 bits per heavy atom. The van der Waals surface area contributed by atoms with Gasteiger partial charge in [-0.2, -0.15) is 0 Å². The van der Waals surface area contributed by atoms with E-state index in [2.05, 4.69) is 130 Å². The number of hydrogen-bond donors (Lipinski definition) is 0. The van der Waals surface area contributed by atoms with Crippen molar-refractivity contribution in [1.29, 1.82) is 0 Å². The molecule has 0 atom stereocenters. The van der Waals surface area contributed by atoms with Gasteiger partial charge in [0.25, 0.3) is 0 Å². The Morgan fingerprint density at radius 2 is 0.530 bits per heavy atom. The van der Waals surface area contributed by atoms with Crippen molar-refractivity contribution >= 4 is 47.7 Å². The summed E-state index contributed by atoms with van der Waals surface area (Å²) in [6, 6.07) is 23.0. The van der Waals surface area contributed by atoms with E-state index in [1.165, 1.54) is 21.2 Å². The minimum Gasteiger partial charge on any atom is -0.496 e. The van der Waals surface area contributed by atoms with Crippen molar-refractivity contribution in [1.82, 2.24) is 0 Å². The minimum atomic E-state index is -1.32. The average molecular weight is 927 g/mol. The lowest BCUT2D eigenvalue weighted by Gasteiger charge is -2.30. The van der Waals surface area contributed by atoms with Crippen molar-refractivity contribution in [3.8, 4) is 57.1 Å². The molecule has 2 aliphatic rings. The van der Waals surface area contributed by atoms with Crippen LogP contribution < -0.4 is 69.7 Å². The summed E-state index contributed by atoms with van der Waals surface area (Å²) in [5.74, 6) is 4.43. The normalized spacial score (nSPS) is 14.3. The van der Waals surface area contributed by atoms with Crippen LogP contribution in [0.15, 0.2) is 60.7 Å². The molecule has 0 spiro atoms. The highest BCUT2D eigenvalue weighted by Crippen LogP contribution is 2.58. The number of hydrogen-bond acceptors (Lipinski definition) is 8. The Kier molecular flexibility index (Phi) is 12.4.